The second-order valence-corrected chi connectivity index (χ2v) is 8.89. The summed E-state index contributed by atoms with van der Waals surface area (Å²) >= 11 is 0. The number of ether oxygens (including phenoxy) is 2. The summed E-state index contributed by atoms with van der Waals surface area (Å²) < 4.78 is 24.7. The first-order valence-corrected chi connectivity index (χ1v) is 11.3. The van der Waals surface area contributed by atoms with Crippen LogP contribution in [0.2, 0.25) is 0 Å². The lowest BCUT2D eigenvalue weighted by molar-refractivity contribution is -0.150. The molecule has 1 saturated heterocycles. The molecule has 0 aromatic heterocycles. The Morgan fingerprint density at radius 1 is 1.29 bits per heavy atom. The number of rotatable bonds is 6. The van der Waals surface area contributed by atoms with Gasteiger partial charge in [0.25, 0.3) is 0 Å². The van der Waals surface area contributed by atoms with Gasteiger partial charge in [0.1, 0.15) is 23.5 Å². The number of hydrogen-bond donors (Lipinski definition) is 1. The fourth-order valence-corrected chi connectivity index (χ4v) is 4.77. The number of hydrogen-bond acceptors (Lipinski definition) is 6. The van der Waals surface area contributed by atoms with Crippen molar-refractivity contribution in [2.75, 3.05) is 13.2 Å². The van der Waals surface area contributed by atoms with Gasteiger partial charge in [-0.1, -0.05) is 18.2 Å². The van der Waals surface area contributed by atoms with E-state index in [0.717, 1.165) is 5.56 Å². The van der Waals surface area contributed by atoms with Gasteiger partial charge in [-0.3, -0.25) is 14.5 Å². The Labute approximate surface area is 196 Å². The highest BCUT2D eigenvalue weighted by Gasteiger charge is 2.62. The molecule has 1 N–H and O–H groups in total. The molecule has 34 heavy (non-hydrogen) atoms. The molecule has 0 spiro atoms. The lowest BCUT2D eigenvalue weighted by Gasteiger charge is -2.25. The summed E-state index contributed by atoms with van der Waals surface area (Å²) in [4.78, 5) is 53.2. The standard InChI is InChI=1S/C24H28FN3O6/c1-4-16-10-24(16,22(31)33-5-2)26-21(30)20-9-17(12-28(20)14(3)29)34-23(32)27-11-15-7-6-8-19(25)18(15)13-27/h4,6-8,16-17,20H,1,5,9-13H2,2-3H3,(H,26,30)/t16-,17-,20+,24-/m1/s1. The van der Waals surface area contributed by atoms with Crippen molar-refractivity contribution in [2.45, 2.75) is 57.5 Å². The first-order valence-electron chi connectivity index (χ1n) is 11.3. The van der Waals surface area contributed by atoms with Crippen LogP contribution in [0.5, 0.6) is 0 Å². The van der Waals surface area contributed by atoms with Gasteiger partial charge in [0.2, 0.25) is 11.8 Å². The van der Waals surface area contributed by atoms with Crippen LogP contribution in [-0.2, 0) is 36.9 Å². The van der Waals surface area contributed by atoms with E-state index in [1.165, 1.54) is 22.8 Å². The van der Waals surface area contributed by atoms with Crippen molar-refractivity contribution in [2.24, 2.45) is 5.92 Å². The predicted octanol–water partition coefficient (Wildman–Crippen LogP) is 1.89. The van der Waals surface area contributed by atoms with Gasteiger partial charge in [-0.2, -0.15) is 0 Å². The third-order valence-corrected chi connectivity index (χ3v) is 6.71. The number of esters is 1. The smallest absolute Gasteiger partial charge is 0.410 e. The summed E-state index contributed by atoms with van der Waals surface area (Å²) in [5, 5.41) is 2.76. The molecule has 1 aliphatic carbocycles. The van der Waals surface area contributed by atoms with Gasteiger partial charge in [-0.15, -0.1) is 6.58 Å². The zero-order chi connectivity index (χ0) is 24.6. The van der Waals surface area contributed by atoms with Crippen molar-refractivity contribution in [3.8, 4) is 0 Å². The zero-order valence-corrected chi connectivity index (χ0v) is 19.2. The average molecular weight is 474 g/mol. The molecule has 4 rings (SSSR count). The highest BCUT2D eigenvalue weighted by Crippen LogP contribution is 2.45. The van der Waals surface area contributed by atoms with Crippen molar-refractivity contribution < 1.29 is 33.0 Å². The molecular weight excluding hydrogens is 445 g/mol. The fraction of sp³-hybridized carbons (Fsp3) is 0.500. The monoisotopic (exact) mass is 473 g/mol. The van der Waals surface area contributed by atoms with E-state index in [1.807, 2.05) is 0 Å². The molecule has 3 amide bonds. The van der Waals surface area contributed by atoms with Gasteiger partial charge >= 0.3 is 12.1 Å². The van der Waals surface area contributed by atoms with Crippen LogP contribution in [0, 0.1) is 11.7 Å². The van der Waals surface area contributed by atoms with Gasteiger partial charge in [0.15, 0.2) is 0 Å². The lowest BCUT2D eigenvalue weighted by atomic mass is 10.1. The van der Waals surface area contributed by atoms with Crippen LogP contribution < -0.4 is 5.32 Å². The molecule has 3 aliphatic rings. The van der Waals surface area contributed by atoms with Gasteiger partial charge < -0.3 is 19.7 Å². The Morgan fingerprint density at radius 3 is 2.68 bits per heavy atom. The van der Waals surface area contributed by atoms with E-state index in [2.05, 4.69) is 11.9 Å². The van der Waals surface area contributed by atoms with E-state index >= 15 is 0 Å². The van der Waals surface area contributed by atoms with Crippen LogP contribution in [0.3, 0.4) is 0 Å². The molecule has 9 nitrogen and oxygen atoms in total. The number of amides is 3. The van der Waals surface area contributed by atoms with Crippen molar-refractivity contribution in [1.29, 1.82) is 0 Å². The van der Waals surface area contributed by atoms with Crippen molar-refractivity contribution in [3.05, 3.63) is 47.8 Å². The third kappa shape index (κ3) is 4.24. The molecule has 182 valence electrons. The Hall–Kier alpha value is -3.43. The maximum Gasteiger partial charge on any atom is 0.410 e. The topological polar surface area (TPSA) is 105 Å². The Morgan fingerprint density at radius 2 is 2.06 bits per heavy atom. The highest BCUT2D eigenvalue weighted by atomic mass is 19.1. The van der Waals surface area contributed by atoms with Gasteiger partial charge in [0, 0.05) is 31.4 Å². The molecule has 10 heteroatoms. The number of carbonyl (C=O) groups is 4. The largest absolute Gasteiger partial charge is 0.464 e. The Bertz CT molecular complexity index is 1050. The summed E-state index contributed by atoms with van der Waals surface area (Å²) in [6.45, 7) is 7.25. The number of carbonyl (C=O) groups excluding carboxylic acids is 4. The Kier molecular flexibility index (Phi) is 6.33. The molecule has 1 aromatic rings. The van der Waals surface area contributed by atoms with E-state index in [1.54, 1.807) is 25.1 Å². The van der Waals surface area contributed by atoms with E-state index < -0.39 is 35.7 Å². The van der Waals surface area contributed by atoms with E-state index in [9.17, 15) is 23.6 Å². The van der Waals surface area contributed by atoms with Crippen molar-refractivity contribution >= 4 is 23.9 Å². The average Bonchev–Trinajstić information content (AvgIpc) is 3.12. The quantitative estimate of drug-likeness (QED) is 0.500. The molecule has 1 aromatic carbocycles. The minimum absolute atomic E-state index is 0.0472. The molecule has 2 fully saturated rings. The van der Waals surface area contributed by atoms with Crippen molar-refractivity contribution in [3.63, 3.8) is 0 Å². The minimum atomic E-state index is -1.18. The first-order chi connectivity index (χ1) is 16.2. The number of nitrogens with one attached hydrogen (secondary N) is 1. The minimum Gasteiger partial charge on any atom is -0.464 e. The number of halogens is 1. The molecule has 1 saturated carbocycles. The van der Waals surface area contributed by atoms with E-state index in [4.69, 9.17) is 9.47 Å². The predicted molar refractivity (Wildman–Crippen MR) is 118 cm³/mol. The first kappa shape index (κ1) is 23.7. The number of benzene rings is 1. The molecule has 4 atom stereocenters. The van der Waals surface area contributed by atoms with Crippen LogP contribution >= 0.6 is 0 Å². The molecule has 0 radical (unpaired) electrons. The Balaban J connectivity index is 1.41. The van der Waals surface area contributed by atoms with E-state index in [0.29, 0.717) is 12.0 Å². The number of fused-ring (bicyclic) bond motifs is 1. The number of nitrogens with zero attached hydrogens (tertiary/aromatic N) is 2. The summed E-state index contributed by atoms with van der Waals surface area (Å²) in [5.41, 5.74) is -0.00676. The maximum absolute atomic E-state index is 14.0. The highest BCUT2D eigenvalue weighted by molar-refractivity contribution is 5.95. The van der Waals surface area contributed by atoms with Crippen molar-refractivity contribution in [1.82, 2.24) is 15.1 Å². The zero-order valence-electron chi connectivity index (χ0n) is 19.2. The summed E-state index contributed by atoms with van der Waals surface area (Å²) in [5.74, 6) is -2.03. The van der Waals surface area contributed by atoms with Crippen LogP contribution in [0.1, 0.15) is 37.8 Å². The molecule has 2 heterocycles. The number of likely N-dealkylation sites (tertiary alicyclic amines) is 1. The normalized spacial score (nSPS) is 27.1. The van der Waals surface area contributed by atoms with Crippen LogP contribution in [-0.4, -0.2) is 64.5 Å². The van der Waals surface area contributed by atoms with Crippen LogP contribution in [0.25, 0.3) is 0 Å². The summed E-state index contributed by atoms with van der Waals surface area (Å²) in [7, 11) is 0. The second-order valence-electron chi connectivity index (χ2n) is 8.89. The summed E-state index contributed by atoms with van der Waals surface area (Å²) in [6.07, 6.45) is 0.703. The van der Waals surface area contributed by atoms with Gasteiger partial charge in [0.05, 0.1) is 19.7 Å². The lowest BCUT2D eigenvalue weighted by Crippen LogP contribution is -2.53. The van der Waals surface area contributed by atoms with Crippen LogP contribution in [0.4, 0.5) is 9.18 Å². The van der Waals surface area contributed by atoms with E-state index in [-0.39, 0.29) is 50.3 Å². The second kappa shape index (κ2) is 9.08. The van der Waals surface area contributed by atoms with Gasteiger partial charge in [-0.25, -0.2) is 14.0 Å². The van der Waals surface area contributed by atoms with Gasteiger partial charge in [-0.05, 0) is 25.0 Å². The molecule has 0 unspecified atom stereocenters. The molecular formula is C24H28FN3O6. The summed E-state index contributed by atoms with van der Waals surface area (Å²) in [6, 6.07) is 3.79. The third-order valence-electron chi connectivity index (χ3n) is 6.71. The van der Waals surface area contributed by atoms with Crippen LogP contribution in [0.15, 0.2) is 30.9 Å². The fourth-order valence-electron chi connectivity index (χ4n) is 4.77. The SMILES string of the molecule is C=C[C@@H]1C[C@]1(NC(=O)[C@@H]1C[C@@H](OC(=O)N2Cc3cccc(F)c3C2)CN1C(C)=O)C(=O)OCC. The molecule has 0 bridgehead atoms. The molecule has 2 aliphatic heterocycles. The maximum atomic E-state index is 14.0.